The summed E-state index contributed by atoms with van der Waals surface area (Å²) >= 11 is 0. The number of benzene rings is 3. The molecule has 8 heteroatoms. The van der Waals surface area contributed by atoms with Crippen molar-refractivity contribution in [3.8, 4) is 5.75 Å². The molecule has 0 radical (unpaired) electrons. The van der Waals surface area contributed by atoms with Crippen LogP contribution in [-0.4, -0.2) is 20.4 Å². The van der Waals surface area contributed by atoms with Crippen molar-refractivity contribution in [3.05, 3.63) is 105 Å². The maximum Gasteiger partial charge on any atom is 0.336 e. The van der Waals surface area contributed by atoms with Gasteiger partial charge < -0.3 is 9.15 Å². The maximum absolute atomic E-state index is 13.4. The van der Waals surface area contributed by atoms with Gasteiger partial charge >= 0.3 is 11.6 Å². The minimum atomic E-state index is -4.01. The molecule has 3 aromatic carbocycles. The highest BCUT2D eigenvalue weighted by Gasteiger charge is 2.28. The highest BCUT2D eigenvalue weighted by atomic mass is 32.2. The number of sulfonamides is 1. The van der Waals surface area contributed by atoms with Crippen LogP contribution in [0.1, 0.15) is 29.2 Å². The van der Waals surface area contributed by atoms with Crippen molar-refractivity contribution >= 4 is 27.0 Å². The molecule has 0 fully saturated rings. The highest BCUT2D eigenvalue weighted by Crippen LogP contribution is 2.28. The van der Waals surface area contributed by atoms with E-state index in [0.717, 1.165) is 27.6 Å². The molecule has 0 spiro atoms. The van der Waals surface area contributed by atoms with Gasteiger partial charge in [-0.05, 0) is 61.6 Å². The van der Waals surface area contributed by atoms with Gasteiger partial charge in [0, 0.05) is 17.5 Å². The van der Waals surface area contributed by atoms with Crippen LogP contribution in [0.2, 0.25) is 0 Å². The van der Waals surface area contributed by atoms with Crippen molar-refractivity contribution in [2.75, 3.05) is 0 Å². The predicted octanol–water partition coefficient (Wildman–Crippen LogP) is 4.47. The monoisotopic (exact) mass is 505 g/mol. The summed E-state index contributed by atoms with van der Waals surface area (Å²) in [7, 11) is -4.01. The lowest BCUT2D eigenvalue weighted by Crippen LogP contribution is -2.44. The number of carbonyl (C=O) groups excluding carboxylic acids is 1. The topological polar surface area (TPSA) is 103 Å². The molecule has 1 heterocycles. The molecular weight excluding hydrogens is 478 g/mol. The molecule has 1 aromatic heterocycles. The second kappa shape index (κ2) is 10.5. The Balaban J connectivity index is 1.69. The summed E-state index contributed by atoms with van der Waals surface area (Å²) in [6, 6.07) is 19.0. The zero-order valence-electron chi connectivity index (χ0n) is 20.3. The lowest BCUT2D eigenvalue weighted by atomic mass is 10.0. The first-order chi connectivity index (χ1) is 17.2. The van der Waals surface area contributed by atoms with Crippen LogP contribution in [0, 0.1) is 13.8 Å². The van der Waals surface area contributed by atoms with Gasteiger partial charge in [-0.1, -0.05) is 55.0 Å². The van der Waals surface area contributed by atoms with Gasteiger partial charge in [-0.2, -0.15) is 4.72 Å². The van der Waals surface area contributed by atoms with E-state index in [4.69, 9.17) is 9.15 Å². The van der Waals surface area contributed by atoms with Gasteiger partial charge in [0.15, 0.2) is 0 Å². The Morgan fingerprint density at radius 2 is 1.69 bits per heavy atom. The van der Waals surface area contributed by atoms with E-state index in [1.165, 1.54) is 24.3 Å². The van der Waals surface area contributed by atoms with E-state index in [2.05, 4.69) is 4.72 Å². The van der Waals surface area contributed by atoms with Gasteiger partial charge in [0.2, 0.25) is 10.0 Å². The average molecular weight is 506 g/mol. The number of ether oxygens (including phenoxy) is 1. The van der Waals surface area contributed by atoms with E-state index in [9.17, 15) is 18.0 Å². The Bertz CT molecular complexity index is 1560. The molecule has 1 atom stereocenters. The average Bonchev–Trinajstić information content (AvgIpc) is 2.84. The van der Waals surface area contributed by atoms with Crippen LogP contribution in [0.25, 0.3) is 11.0 Å². The predicted molar refractivity (Wildman–Crippen MR) is 138 cm³/mol. The SMILES string of the molecule is CCc1cc2c(C)cc(=O)oc2cc1OC(=O)[C@H](Cc1ccccc1)NS(=O)(=O)c1ccc(C)cc1. The van der Waals surface area contributed by atoms with Crippen LogP contribution in [0.4, 0.5) is 0 Å². The summed E-state index contributed by atoms with van der Waals surface area (Å²) in [5, 5.41) is 0.743. The fourth-order valence-corrected chi connectivity index (χ4v) is 5.12. The summed E-state index contributed by atoms with van der Waals surface area (Å²) < 4.78 is 39.8. The van der Waals surface area contributed by atoms with Crippen molar-refractivity contribution in [2.24, 2.45) is 0 Å². The molecule has 36 heavy (non-hydrogen) atoms. The van der Waals surface area contributed by atoms with E-state index in [0.29, 0.717) is 12.0 Å². The van der Waals surface area contributed by atoms with Crippen LogP contribution >= 0.6 is 0 Å². The summed E-state index contributed by atoms with van der Waals surface area (Å²) in [4.78, 5) is 25.3. The van der Waals surface area contributed by atoms with E-state index in [1.54, 1.807) is 19.1 Å². The fraction of sp³-hybridized carbons (Fsp3) is 0.214. The number of rotatable bonds is 8. The molecule has 0 saturated carbocycles. The summed E-state index contributed by atoms with van der Waals surface area (Å²) in [5.41, 5.74) is 2.95. The van der Waals surface area contributed by atoms with Gasteiger partial charge in [0.1, 0.15) is 17.4 Å². The highest BCUT2D eigenvalue weighted by molar-refractivity contribution is 7.89. The second-order valence-electron chi connectivity index (χ2n) is 8.66. The summed E-state index contributed by atoms with van der Waals surface area (Å²) in [6.07, 6.45) is 0.642. The lowest BCUT2D eigenvalue weighted by molar-refractivity contribution is -0.136. The normalized spacial score (nSPS) is 12.4. The van der Waals surface area contributed by atoms with E-state index >= 15 is 0 Å². The number of aryl methyl sites for hydroxylation is 3. The molecule has 0 aliphatic rings. The Labute approximate surface area is 209 Å². The molecule has 0 unspecified atom stereocenters. The molecule has 0 amide bonds. The molecule has 186 valence electrons. The van der Waals surface area contributed by atoms with Gasteiger partial charge in [-0.15, -0.1) is 0 Å². The third kappa shape index (κ3) is 5.72. The van der Waals surface area contributed by atoms with E-state index in [1.807, 2.05) is 50.2 Å². The largest absolute Gasteiger partial charge is 0.425 e. The Morgan fingerprint density at radius 1 is 1.00 bits per heavy atom. The fourth-order valence-electron chi connectivity index (χ4n) is 3.94. The Morgan fingerprint density at radius 3 is 2.36 bits per heavy atom. The number of carbonyl (C=O) groups is 1. The van der Waals surface area contributed by atoms with Crippen LogP contribution in [0.3, 0.4) is 0 Å². The van der Waals surface area contributed by atoms with E-state index < -0.39 is 27.7 Å². The molecule has 4 rings (SSSR count). The smallest absolute Gasteiger partial charge is 0.336 e. The third-order valence-corrected chi connectivity index (χ3v) is 7.41. The summed E-state index contributed by atoms with van der Waals surface area (Å²) in [5.74, 6) is -0.546. The van der Waals surface area contributed by atoms with Crippen LogP contribution < -0.4 is 15.1 Å². The first kappa shape index (κ1) is 25.3. The third-order valence-electron chi connectivity index (χ3n) is 5.92. The quantitative estimate of drug-likeness (QED) is 0.215. The number of hydrogen-bond acceptors (Lipinski definition) is 6. The molecule has 1 N–H and O–H groups in total. The summed E-state index contributed by atoms with van der Waals surface area (Å²) in [6.45, 7) is 5.58. The van der Waals surface area contributed by atoms with Gasteiger partial charge in [-0.25, -0.2) is 18.0 Å². The molecule has 0 aliphatic heterocycles. The first-order valence-electron chi connectivity index (χ1n) is 11.6. The standard InChI is InChI=1S/C28H27NO6S/c1-4-21-16-23-19(3)14-27(30)34-26(23)17-25(21)35-28(31)24(15-20-8-6-5-7-9-20)29-36(32,33)22-12-10-18(2)11-13-22/h5-14,16-17,24,29H,4,15H2,1-3H3/t24-/m0/s1. The van der Waals surface area contributed by atoms with Crippen molar-refractivity contribution < 1.29 is 22.4 Å². The van der Waals surface area contributed by atoms with Crippen molar-refractivity contribution in [1.29, 1.82) is 0 Å². The first-order valence-corrected chi connectivity index (χ1v) is 13.1. The number of hydrogen-bond donors (Lipinski definition) is 1. The Hall–Kier alpha value is -3.75. The second-order valence-corrected chi connectivity index (χ2v) is 10.4. The molecule has 0 saturated heterocycles. The number of fused-ring (bicyclic) bond motifs is 1. The molecule has 7 nitrogen and oxygen atoms in total. The molecule has 4 aromatic rings. The minimum absolute atomic E-state index is 0.0520. The number of esters is 1. The Kier molecular flexibility index (Phi) is 7.37. The molecular formula is C28H27NO6S. The van der Waals surface area contributed by atoms with Crippen molar-refractivity contribution in [2.45, 2.75) is 44.6 Å². The number of nitrogens with one attached hydrogen (secondary N) is 1. The maximum atomic E-state index is 13.4. The van der Waals surface area contributed by atoms with Gasteiger partial charge in [-0.3, -0.25) is 0 Å². The van der Waals surface area contributed by atoms with Crippen molar-refractivity contribution in [1.82, 2.24) is 4.72 Å². The molecule has 0 aliphatic carbocycles. The minimum Gasteiger partial charge on any atom is -0.425 e. The van der Waals surface area contributed by atoms with E-state index in [-0.39, 0.29) is 17.1 Å². The zero-order valence-corrected chi connectivity index (χ0v) is 21.1. The van der Waals surface area contributed by atoms with Crippen molar-refractivity contribution in [3.63, 3.8) is 0 Å². The van der Waals surface area contributed by atoms with Gasteiger partial charge in [0.25, 0.3) is 0 Å². The van der Waals surface area contributed by atoms with Crippen LogP contribution in [-0.2, 0) is 27.7 Å². The zero-order chi connectivity index (χ0) is 25.9. The molecule has 0 bridgehead atoms. The lowest BCUT2D eigenvalue weighted by Gasteiger charge is -2.19. The van der Waals surface area contributed by atoms with Crippen LogP contribution in [0.5, 0.6) is 5.75 Å². The van der Waals surface area contributed by atoms with Gasteiger partial charge in [0.05, 0.1) is 4.90 Å². The van der Waals surface area contributed by atoms with Crippen LogP contribution in [0.15, 0.2) is 86.9 Å².